The molecular formula is C23H19N4O2+. The summed E-state index contributed by atoms with van der Waals surface area (Å²) in [6.07, 6.45) is 11.4. The second-order valence-electron chi connectivity index (χ2n) is 6.81. The molecule has 6 heteroatoms. The average molecular weight is 383 g/mol. The Labute approximate surface area is 168 Å². The number of ether oxygens (including phenoxy) is 2. The number of hydrogen-bond acceptors (Lipinski definition) is 5. The van der Waals surface area contributed by atoms with Crippen molar-refractivity contribution in [2.45, 2.75) is 0 Å². The van der Waals surface area contributed by atoms with Crippen molar-refractivity contribution in [1.29, 1.82) is 0 Å². The van der Waals surface area contributed by atoms with Crippen molar-refractivity contribution >= 4 is 12.1 Å². The SMILES string of the molecule is COc1cccc(Oc2ccc(C3=NC(C4=CC=C4)=C4C=NC=C[N+]34N)cc2)c1. The van der Waals surface area contributed by atoms with Crippen LogP contribution in [0.1, 0.15) is 5.56 Å². The van der Waals surface area contributed by atoms with Crippen LogP contribution >= 0.6 is 0 Å². The molecule has 0 aromatic heterocycles. The molecule has 0 fully saturated rings. The molecule has 0 radical (unpaired) electrons. The number of fused-ring (bicyclic) bond motifs is 1. The lowest BCUT2D eigenvalue weighted by molar-refractivity contribution is -0.750. The molecule has 2 heterocycles. The summed E-state index contributed by atoms with van der Waals surface area (Å²) in [7, 11) is 1.63. The lowest BCUT2D eigenvalue weighted by atomic mass is 10.0. The normalized spacial score (nSPS) is 21.4. The molecule has 0 saturated heterocycles. The van der Waals surface area contributed by atoms with Crippen LogP contribution in [-0.4, -0.2) is 23.8 Å². The van der Waals surface area contributed by atoms with Gasteiger partial charge in [-0.05, 0) is 36.4 Å². The Hall–Kier alpha value is -3.74. The maximum atomic E-state index is 6.72. The average Bonchev–Trinajstić information content (AvgIpc) is 3.00. The summed E-state index contributed by atoms with van der Waals surface area (Å²) < 4.78 is 11.2. The van der Waals surface area contributed by atoms with Gasteiger partial charge in [-0.1, -0.05) is 24.3 Å². The molecule has 0 bridgehead atoms. The summed E-state index contributed by atoms with van der Waals surface area (Å²) in [5.74, 6) is 9.64. The zero-order valence-electron chi connectivity index (χ0n) is 15.8. The first-order valence-electron chi connectivity index (χ1n) is 9.21. The van der Waals surface area contributed by atoms with Gasteiger partial charge in [0.15, 0.2) is 0 Å². The van der Waals surface area contributed by atoms with E-state index in [4.69, 9.17) is 20.3 Å². The lowest BCUT2D eigenvalue weighted by Crippen LogP contribution is -2.53. The summed E-state index contributed by atoms with van der Waals surface area (Å²) in [5.41, 5.74) is 3.69. The number of nitrogens with zero attached hydrogens (tertiary/aromatic N) is 3. The van der Waals surface area contributed by atoms with E-state index in [0.29, 0.717) is 5.75 Å². The lowest BCUT2D eigenvalue weighted by Gasteiger charge is -2.26. The molecule has 1 atom stereocenters. The van der Waals surface area contributed by atoms with E-state index in [1.807, 2.05) is 73.0 Å². The third-order valence-electron chi connectivity index (χ3n) is 5.01. The van der Waals surface area contributed by atoms with Crippen molar-refractivity contribution < 1.29 is 14.1 Å². The van der Waals surface area contributed by atoms with Crippen LogP contribution in [0.25, 0.3) is 0 Å². The van der Waals surface area contributed by atoms with E-state index >= 15 is 0 Å². The van der Waals surface area contributed by atoms with Crippen molar-refractivity contribution in [2.24, 2.45) is 15.8 Å². The van der Waals surface area contributed by atoms with Gasteiger partial charge < -0.3 is 9.47 Å². The Morgan fingerprint density at radius 1 is 1.00 bits per heavy atom. The van der Waals surface area contributed by atoms with E-state index in [1.165, 1.54) is 0 Å². The van der Waals surface area contributed by atoms with Gasteiger partial charge in [0, 0.05) is 11.6 Å². The van der Waals surface area contributed by atoms with E-state index in [9.17, 15) is 0 Å². The Morgan fingerprint density at radius 2 is 1.79 bits per heavy atom. The maximum absolute atomic E-state index is 6.72. The minimum Gasteiger partial charge on any atom is -0.497 e. The van der Waals surface area contributed by atoms with Gasteiger partial charge in [-0.3, -0.25) is 4.99 Å². The van der Waals surface area contributed by atoms with Crippen molar-refractivity contribution in [1.82, 2.24) is 0 Å². The molecular weight excluding hydrogens is 364 g/mol. The van der Waals surface area contributed by atoms with E-state index in [2.05, 4.69) is 4.99 Å². The first-order valence-corrected chi connectivity index (χ1v) is 9.21. The molecule has 1 unspecified atom stereocenters. The molecule has 2 aromatic carbocycles. The van der Waals surface area contributed by atoms with E-state index < -0.39 is 0 Å². The third-order valence-corrected chi connectivity index (χ3v) is 5.01. The van der Waals surface area contributed by atoms with Crippen LogP contribution in [0.4, 0.5) is 0 Å². The largest absolute Gasteiger partial charge is 0.497 e. The summed E-state index contributed by atoms with van der Waals surface area (Å²) in [6.45, 7) is 0. The number of hydrogen-bond donors (Lipinski definition) is 1. The summed E-state index contributed by atoms with van der Waals surface area (Å²) >= 11 is 0. The first kappa shape index (κ1) is 17.4. The first-order chi connectivity index (χ1) is 14.2. The van der Waals surface area contributed by atoms with Crippen LogP contribution in [0.5, 0.6) is 17.2 Å². The van der Waals surface area contributed by atoms with Crippen molar-refractivity contribution in [2.75, 3.05) is 7.11 Å². The van der Waals surface area contributed by atoms with Gasteiger partial charge in [0.2, 0.25) is 5.70 Å². The van der Waals surface area contributed by atoms with Crippen molar-refractivity contribution in [3.05, 3.63) is 102 Å². The van der Waals surface area contributed by atoms with Gasteiger partial charge in [0.05, 0.1) is 25.1 Å². The fourth-order valence-corrected chi connectivity index (χ4v) is 3.41. The fraction of sp³-hybridized carbons (Fsp3) is 0.0435. The summed E-state index contributed by atoms with van der Waals surface area (Å²) in [5, 5.41) is 0. The number of quaternary nitrogens is 1. The van der Waals surface area contributed by atoms with Gasteiger partial charge in [0.1, 0.15) is 29.1 Å². The van der Waals surface area contributed by atoms with Crippen molar-refractivity contribution in [3.63, 3.8) is 0 Å². The van der Waals surface area contributed by atoms with Gasteiger partial charge in [0.25, 0.3) is 5.84 Å². The molecule has 29 heavy (non-hydrogen) atoms. The molecule has 0 saturated carbocycles. The highest BCUT2D eigenvalue weighted by atomic mass is 16.5. The number of aliphatic imine (C=N–C) groups is 2. The van der Waals surface area contributed by atoms with Gasteiger partial charge >= 0.3 is 0 Å². The fourth-order valence-electron chi connectivity index (χ4n) is 3.41. The maximum Gasteiger partial charge on any atom is 0.265 e. The quantitative estimate of drug-likeness (QED) is 0.621. The molecule has 2 N–H and O–H groups in total. The molecule has 142 valence electrons. The van der Waals surface area contributed by atoms with Crippen molar-refractivity contribution in [3.8, 4) is 17.2 Å². The van der Waals surface area contributed by atoms with E-state index in [0.717, 1.165) is 39.9 Å². The standard InChI is InChI=1S/C23H19N4O2/c1-28-19-6-3-7-20(14-19)29-18-10-8-17(9-11-18)23-26-22(16-4-2-5-16)21-15-25-12-13-27(21,23)24/h2-15H,24H2,1H3/q+1. The van der Waals surface area contributed by atoms with Crippen LogP contribution in [0, 0.1) is 0 Å². The molecule has 3 aliphatic rings. The van der Waals surface area contributed by atoms with E-state index in [1.54, 1.807) is 19.5 Å². The number of allylic oxidation sites excluding steroid dienone is 4. The minimum absolute atomic E-state index is 0.000100. The van der Waals surface area contributed by atoms with Crippen LogP contribution in [0.3, 0.4) is 0 Å². The number of methoxy groups -OCH3 is 1. The number of rotatable bonds is 5. The molecule has 0 spiro atoms. The number of benzene rings is 2. The Balaban J connectivity index is 1.44. The monoisotopic (exact) mass is 383 g/mol. The second kappa shape index (κ2) is 6.70. The Kier molecular flexibility index (Phi) is 4.01. The van der Waals surface area contributed by atoms with Crippen LogP contribution < -0.4 is 15.3 Å². The molecule has 5 rings (SSSR count). The zero-order valence-corrected chi connectivity index (χ0v) is 15.8. The molecule has 2 aliphatic heterocycles. The Morgan fingerprint density at radius 3 is 2.52 bits per heavy atom. The third kappa shape index (κ3) is 2.91. The topological polar surface area (TPSA) is 69.2 Å². The molecule has 0 amide bonds. The Bertz CT molecular complexity index is 1170. The zero-order chi connectivity index (χ0) is 19.8. The van der Waals surface area contributed by atoms with Crippen LogP contribution in [0.2, 0.25) is 0 Å². The predicted octanol–water partition coefficient (Wildman–Crippen LogP) is 4.20. The minimum atomic E-state index is 0.000100. The predicted molar refractivity (Wildman–Crippen MR) is 112 cm³/mol. The summed E-state index contributed by atoms with van der Waals surface area (Å²) in [4.78, 5) is 9.10. The smallest absolute Gasteiger partial charge is 0.265 e. The highest BCUT2D eigenvalue weighted by Gasteiger charge is 2.44. The van der Waals surface area contributed by atoms with Gasteiger partial charge in [-0.25, -0.2) is 0 Å². The molecule has 1 aliphatic carbocycles. The van der Waals surface area contributed by atoms with Gasteiger partial charge in [-0.15, -0.1) is 4.59 Å². The second-order valence-corrected chi connectivity index (χ2v) is 6.81. The highest BCUT2D eigenvalue weighted by molar-refractivity contribution is 6.01. The molecule has 6 nitrogen and oxygen atoms in total. The van der Waals surface area contributed by atoms with Crippen LogP contribution in [-0.2, 0) is 0 Å². The van der Waals surface area contributed by atoms with Crippen LogP contribution in [0.15, 0.2) is 106 Å². The molecule has 2 aromatic rings. The van der Waals surface area contributed by atoms with E-state index in [-0.39, 0.29) is 4.59 Å². The number of nitrogens with two attached hydrogens (primary N) is 1. The van der Waals surface area contributed by atoms with Gasteiger partial charge in [-0.2, -0.15) is 10.8 Å². The summed E-state index contributed by atoms with van der Waals surface area (Å²) in [6, 6.07) is 15.2. The highest BCUT2D eigenvalue weighted by Crippen LogP contribution is 2.36. The number of amidine groups is 1.